The first-order valence-corrected chi connectivity index (χ1v) is 8.87. The number of hydrogen-bond acceptors (Lipinski definition) is 0. The fourth-order valence-electron chi connectivity index (χ4n) is 2.73. The highest BCUT2D eigenvalue weighted by Gasteiger charge is 2.33. The Hall–Kier alpha value is -2.05. The Morgan fingerprint density at radius 3 is 1.25 bits per heavy atom. The number of hydrogen-bond donors (Lipinski definition) is 0. The van der Waals surface area contributed by atoms with E-state index in [1.165, 1.54) is 11.1 Å². The normalized spacial score (nSPS) is 10.7. The Morgan fingerprint density at radius 2 is 0.875 bits per heavy atom. The van der Waals surface area contributed by atoms with Crippen LogP contribution in [-0.2, 0) is 4.87 Å². The van der Waals surface area contributed by atoms with Gasteiger partial charge in [0.2, 0.25) is 0 Å². The molecule has 3 rings (SSSR count). The first-order chi connectivity index (χ1) is 11.6. The van der Waals surface area contributed by atoms with Crippen molar-refractivity contribution in [2.75, 3.05) is 0 Å². The predicted octanol–water partition coefficient (Wildman–Crippen LogP) is 6.86. The standard InChI is InChI=1S/C21H19Cl.C2H6/c1-16-8-12-19(13-9-16)21(22,18-6-4-3-5-7-18)20-14-10-17(2)11-15-20;1-2/h3-15H,1-2H3;1-2H3. The minimum absolute atomic E-state index is 0.664. The van der Waals surface area contributed by atoms with Crippen LogP contribution in [0.25, 0.3) is 0 Å². The third kappa shape index (κ3) is 3.71. The lowest BCUT2D eigenvalue weighted by molar-refractivity contribution is 0.878. The van der Waals surface area contributed by atoms with E-state index < -0.39 is 4.87 Å². The van der Waals surface area contributed by atoms with E-state index in [1.807, 2.05) is 32.0 Å². The van der Waals surface area contributed by atoms with E-state index in [4.69, 9.17) is 11.6 Å². The Bertz CT molecular complexity index is 695. The van der Waals surface area contributed by atoms with Crippen molar-refractivity contribution in [3.8, 4) is 0 Å². The minimum Gasteiger partial charge on any atom is -0.104 e. The highest BCUT2D eigenvalue weighted by molar-refractivity contribution is 6.28. The van der Waals surface area contributed by atoms with Crippen molar-refractivity contribution in [2.24, 2.45) is 0 Å². The van der Waals surface area contributed by atoms with Crippen molar-refractivity contribution in [1.29, 1.82) is 0 Å². The number of benzene rings is 3. The summed E-state index contributed by atoms with van der Waals surface area (Å²) in [4.78, 5) is -0.664. The second-order valence-electron chi connectivity index (χ2n) is 5.76. The molecule has 0 N–H and O–H groups in total. The summed E-state index contributed by atoms with van der Waals surface area (Å²) in [5.41, 5.74) is 5.74. The molecule has 0 saturated carbocycles. The molecule has 0 saturated heterocycles. The molecule has 0 amide bonds. The molecule has 0 heterocycles. The molecular weight excluding hydrogens is 312 g/mol. The average Bonchev–Trinajstić information content (AvgIpc) is 2.65. The van der Waals surface area contributed by atoms with Crippen LogP contribution in [0.5, 0.6) is 0 Å². The van der Waals surface area contributed by atoms with Crippen molar-refractivity contribution in [1.82, 2.24) is 0 Å². The van der Waals surface area contributed by atoms with Crippen LogP contribution in [-0.4, -0.2) is 0 Å². The van der Waals surface area contributed by atoms with Gasteiger partial charge in [-0.15, -0.1) is 11.6 Å². The van der Waals surface area contributed by atoms with Gasteiger partial charge in [-0.05, 0) is 30.5 Å². The number of rotatable bonds is 3. The molecule has 0 fully saturated rings. The first kappa shape index (κ1) is 18.3. The lowest BCUT2D eigenvalue weighted by Crippen LogP contribution is -2.22. The summed E-state index contributed by atoms with van der Waals surface area (Å²) in [5.74, 6) is 0. The summed E-state index contributed by atoms with van der Waals surface area (Å²) < 4.78 is 0. The van der Waals surface area contributed by atoms with Gasteiger partial charge in [0.1, 0.15) is 4.87 Å². The number of alkyl halides is 1. The van der Waals surface area contributed by atoms with Gasteiger partial charge in [0.25, 0.3) is 0 Å². The predicted molar refractivity (Wildman–Crippen MR) is 106 cm³/mol. The van der Waals surface area contributed by atoms with Gasteiger partial charge < -0.3 is 0 Å². The van der Waals surface area contributed by atoms with E-state index in [1.54, 1.807) is 0 Å². The molecular formula is C23H25Cl. The first-order valence-electron chi connectivity index (χ1n) is 8.49. The van der Waals surface area contributed by atoms with Gasteiger partial charge in [-0.3, -0.25) is 0 Å². The van der Waals surface area contributed by atoms with E-state index in [0.29, 0.717) is 0 Å². The van der Waals surface area contributed by atoms with E-state index in [2.05, 4.69) is 74.5 Å². The van der Waals surface area contributed by atoms with Crippen LogP contribution in [0.3, 0.4) is 0 Å². The van der Waals surface area contributed by atoms with Crippen LogP contribution in [0.15, 0.2) is 78.9 Å². The van der Waals surface area contributed by atoms with Gasteiger partial charge in [0.15, 0.2) is 0 Å². The summed E-state index contributed by atoms with van der Waals surface area (Å²) in [6, 6.07) is 27.2. The van der Waals surface area contributed by atoms with Crippen LogP contribution < -0.4 is 0 Å². The molecule has 0 aliphatic heterocycles. The number of halogens is 1. The molecule has 3 aromatic carbocycles. The summed E-state index contributed by atoms with van der Waals surface area (Å²) in [7, 11) is 0. The molecule has 0 bridgehead atoms. The van der Waals surface area contributed by atoms with Crippen molar-refractivity contribution >= 4 is 11.6 Å². The van der Waals surface area contributed by atoms with Gasteiger partial charge in [-0.2, -0.15) is 0 Å². The largest absolute Gasteiger partial charge is 0.119 e. The van der Waals surface area contributed by atoms with Crippen molar-refractivity contribution < 1.29 is 0 Å². The zero-order valence-electron chi connectivity index (χ0n) is 14.9. The highest BCUT2D eigenvalue weighted by atomic mass is 35.5. The molecule has 0 spiro atoms. The minimum atomic E-state index is -0.664. The lowest BCUT2D eigenvalue weighted by Gasteiger charge is -2.29. The smallest absolute Gasteiger partial charge is 0.104 e. The van der Waals surface area contributed by atoms with Gasteiger partial charge in [0, 0.05) is 0 Å². The summed E-state index contributed by atoms with van der Waals surface area (Å²) >= 11 is 7.22. The molecule has 124 valence electrons. The quantitative estimate of drug-likeness (QED) is 0.362. The van der Waals surface area contributed by atoms with Crippen LogP contribution in [0.1, 0.15) is 41.7 Å². The van der Waals surface area contributed by atoms with Gasteiger partial charge in [0.05, 0.1) is 0 Å². The van der Waals surface area contributed by atoms with Crippen LogP contribution in [0.2, 0.25) is 0 Å². The maximum absolute atomic E-state index is 7.22. The summed E-state index contributed by atoms with van der Waals surface area (Å²) in [6.45, 7) is 8.18. The molecule has 1 heteroatoms. The third-order valence-corrected chi connectivity index (χ3v) is 4.72. The summed E-state index contributed by atoms with van der Waals surface area (Å²) in [6.07, 6.45) is 0. The lowest BCUT2D eigenvalue weighted by atomic mass is 9.83. The zero-order chi connectivity index (χ0) is 17.6. The number of aryl methyl sites for hydroxylation is 2. The van der Waals surface area contributed by atoms with Crippen molar-refractivity contribution in [3.05, 3.63) is 107 Å². The maximum Gasteiger partial charge on any atom is 0.119 e. The Kier molecular flexibility index (Phi) is 6.23. The zero-order valence-corrected chi connectivity index (χ0v) is 15.6. The molecule has 24 heavy (non-hydrogen) atoms. The van der Waals surface area contributed by atoms with E-state index in [0.717, 1.165) is 16.7 Å². The Morgan fingerprint density at radius 1 is 0.542 bits per heavy atom. The highest BCUT2D eigenvalue weighted by Crippen LogP contribution is 2.43. The van der Waals surface area contributed by atoms with Gasteiger partial charge in [-0.1, -0.05) is 104 Å². The van der Waals surface area contributed by atoms with Crippen LogP contribution >= 0.6 is 11.6 Å². The van der Waals surface area contributed by atoms with Crippen LogP contribution in [0, 0.1) is 13.8 Å². The molecule has 0 aliphatic carbocycles. The molecule has 3 aromatic rings. The summed E-state index contributed by atoms with van der Waals surface area (Å²) in [5, 5.41) is 0. The Balaban J connectivity index is 0.00000100. The van der Waals surface area contributed by atoms with E-state index in [9.17, 15) is 0 Å². The molecule has 0 nitrogen and oxygen atoms in total. The fourth-order valence-corrected chi connectivity index (χ4v) is 3.11. The maximum atomic E-state index is 7.22. The van der Waals surface area contributed by atoms with Gasteiger partial charge in [-0.25, -0.2) is 0 Å². The van der Waals surface area contributed by atoms with Gasteiger partial charge >= 0.3 is 0 Å². The second kappa shape index (κ2) is 8.17. The molecule has 0 radical (unpaired) electrons. The fraction of sp³-hybridized carbons (Fsp3) is 0.217. The Labute approximate surface area is 151 Å². The van der Waals surface area contributed by atoms with E-state index >= 15 is 0 Å². The topological polar surface area (TPSA) is 0 Å². The molecule has 0 aromatic heterocycles. The van der Waals surface area contributed by atoms with Crippen LogP contribution in [0.4, 0.5) is 0 Å². The average molecular weight is 337 g/mol. The second-order valence-corrected chi connectivity index (χ2v) is 6.32. The van der Waals surface area contributed by atoms with Crippen molar-refractivity contribution in [3.63, 3.8) is 0 Å². The molecule has 0 unspecified atom stereocenters. The van der Waals surface area contributed by atoms with E-state index in [-0.39, 0.29) is 0 Å². The van der Waals surface area contributed by atoms with Crippen molar-refractivity contribution in [2.45, 2.75) is 32.6 Å². The molecule has 0 aliphatic rings. The third-order valence-electron chi connectivity index (χ3n) is 4.07. The monoisotopic (exact) mass is 336 g/mol. The molecule has 0 atom stereocenters. The SMILES string of the molecule is CC.Cc1ccc(C(Cl)(c2ccccc2)c2ccc(C)cc2)cc1.